The Morgan fingerprint density at radius 2 is 2.03 bits per heavy atom. The summed E-state index contributed by atoms with van der Waals surface area (Å²) in [4.78, 5) is 24.0. The Morgan fingerprint density at radius 3 is 2.78 bits per heavy atom. The van der Waals surface area contributed by atoms with Gasteiger partial charge in [0.2, 0.25) is 0 Å². The zero-order valence-electron chi connectivity index (χ0n) is 21.6. The maximum Gasteiger partial charge on any atom is 0.406 e. The van der Waals surface area contributed by atoms with Crippen molar-refractivity contribution in [2.75, 3.05) is 47.1 Å². The number of carbonyl (C=O) groups excluding carboxylic acids is 2. The highest BCUT2D eigenvalue weighted by Gasteiger charge is 2.19. The Morgan fingerprint density at radius 1 is 1.17 bits per heavy atom. The molecule has 0 radical (unpaired) electrons. The molecule has 2 amide bonds. The highest BCUT2D eigenvalue weighted by molar-refractivity contribution is 5.95. The summed E-state index contributed by atoms with van der Waals surface area (Å²) in [6.07, 6.45) is 2.81. The second kappa shape index (κ2) is 14.6. The molecule has 2 aromatic rings. The fourth-order valence-corrected chi connectivity index (χ4v) is 4.40. The average Bonchev–Trinajstić information content (AvgIpc) is 2.91. The molecule has 1 aliphatic rings. The van der Waals surface area contributed by atoms with Gasteiger partial charge in [-0.1, -0.05) is 24.3 Å². The van der Waals surface area contributed by atoms with Crippen LogP contribution in [0.5, 0.6) is 0 Å². The molecule has 1 aliphatic heterocycles. The van der Waals surface area contributed by atoms with E-state index in [4.69, 9.17) is 9.47 Å². The van der Waals surface area contributed by atoms with Gasteiger partial charge in [0, 0.05) is 37.9 Å². The van der Waals surface area contributed by atoms with Crippen molar-refractivity contribution in [3.05, 3.63) is 59.2 Å². The molecule has 8 nitrogen and oxygen atoms in total. The number of rotatable bonds is 12. The molecule has 2 unspecified atom stereocenters. The highest BCUT2D eigenvalue weighted by Crippen LogP contribution is 2.26. The number of likely N-dealkylation sites (N-methyl/N-ethyl adjacent to an activating group) is 1. The third-order valence-corrected chi connectivity index (χ3v) is 6.50. The zero-order valence-corrected chi connectivity index (χ0v) is 21.6. The minimum atomic E-state index is -0.472. The minimum Gasteiger partial charge on any atom is -0.453 e. The van der Waals surface area contributed by atoms with Crippen molar-refractivity contribution in [1.29, 1.82) is 0 Å². The SMILES string of the molecule is CNC(CNC(=O)c1cccc(-c2cc(COCCNC(=O)OC)ccc2C)c1)CC1CCCOC1. The van der Waals surface area contributed by atoms with Gasteiger partial charge in [-0.05, 0) is 79.6 Å². The number of aryl methyl sites for hydroxylation is 1. The summed E-state index contributed by atoms with van der Waals surface area (Å²) in [5.74, 6) is 0.465. The standard InChI is InChI=1S/C28H39N3O5/c1-20-9-10-22(19-36-13-11-30-28(33)34-3)15-26(20)23-7-4-8-24(16-23)27(32)31-17-25(29-2)14-21-6-5-12-35-18-21/h4,7-10,15-16,21,25,29H,5-6,11-14,17-19H2,1-3H3,(H,30,33)(H,31,32). The zero-order chi connectivity index (χ0) is 25.8. The number of benzene rings is 2. The van der Waals surface area contributed by atoms with Crippen LogP contribution in [0.25, 0.3) is 11.1 Å². The number of hydrogen-bond acceptors (Lipinski definition) is 6. The van der Waals surface area contributed by atoms with Crippen LogP contribution < -0.4 is 16.0 Å². The fraction of sp³-hybridized carbons (Fsp3) is 0.500. The lowest BCUT2D eigenvalue weighted by Crippen LogP contribution is -2.41. The van der Waals surface area contributed by atoms with Crippen molar-refractivity contribution in [3.63, 3.8) is 0 Å². The summed E-state index contributed by atoms with van der Waals surface area (Å²) in [7, 11) is 3.27. The normalized spacial score (nSPS) is 16.2. The predicted octanol–water partition coefficient (Wildman–Crippen LogP) is 3.67. The summed E-state index contributed by atoms with van der Waals surface area (Å²) in [6.45, 7) is 5.49. The molecule has 1 saturated heterocycles. The number of carbonyl (C=O) groups is 2. The second-order valence-corrected chi connectivity index (χ2v) is 9.22. The largest absolute Gasteiger partial charge is 0.453 e. The number of alkyl carbamates (subject to hydrolysis) is 1. The summed E-state index contributed by atoms with van der Waals surface area (Å²) in [5.41, 5.74) is 4.82. The molecule has 196 valence electrons. The van der Waals surface area contributed by atoms with Gasteiger partial charge in [-0.25, -0.2) is 4.79 Å². The Kier molecular flexibility index (Phi) is 11.2. The first-order valence-corrected chi connectivity index (χ1v) is 12.6. The van der Waals surface area contributed by atoms with Gasteiger partial charge in [-0.2, -0.15) is 0 Å². The molecule has 1 heterocycles. The van der Waals surface area contributed by atoms with Crippen molar-refractivity contribution < 1.29 is 23.8 Å². The number of ether oxygens (including phenoxy) is 3. The van der Waals surface area contributed by atoms with E-state index >= 15 is 0 Å². The van der Waals surface area contributed by atoms with Crippen LogP contribution in [0, 0.1) is 12.8 Å². The molecule has 0 saturated carbocycles. The summed E-state index contributed by atoms with van der Waals surface area (Å²) < 4.78 is 15.8. The van der Waals surface area contributed by atoms with E-state index in [1.165, 1.54) is 13.5 Å². The van der Waals surface area contributed by atoms with Crippen LogP contribution in [0.2, 0.25) is 0 Å². The fourth-order valence-electron chi connectivity index (χ4n) is 4.40. The molecule has 2 atom stereocenters. The molecule has 3 N–H and O–H groups in total. The second-order valence-electron chi connectivity index (χ2n) is 9.22. The van der Waals surface area contributed by atoms with E-state index < -0.39 is 6.09 Å². The van der Waals surface area contributed by atoms with Crippen LogP contribution in [0.15, 0.2) is 42.5 Å². The molecule has 2 aromatic carbocycles. The van der Waals surface area contributed by atoms with Crippen LogP contribution in [0.3, 0.4) is 0 Å². The Labute approximate surface area is 214 Å². The van der Waals surface area contributed by atoms with Gasteiger partial charge in [0.1, 0.15) is 0 Å². The van der Waals surface area contributed by atoms with Crippen LogP contribution in [0.4, 0.5) is 4.79 Å². The van der Waals surface area contributed by atoms with Crippen molar-refractivity contribution in [1.82, 2.24) is 16.0 Å². The van der Waals surface area contributed by atoms with Crippen molar-refractivity contribution in [2.24, 2.45) is 5.92 Å². The van der Waals surface area contributed by atoms with Gasteiger partial charge in [-0.3, -0.25) is 4.79 Å². The number of methoxy groups -OCH3 is 1. The number of amides is 2. The van der Waals surface area contributed by atoms with Crippen LogP contribution in [-0.2, 0) is 20.8 Å². The maximum absolute atomic E-state index is 12.9. The molecule has 36 heavy (non-hydrogen) atoms. The van der Waals surface area contributed by atoms with Gasteiger partial charge < -0.3 is 30.2 Å². The lowest BCUT2D eigenvalue weighted by Gasteiger charge is -2.26. The third-order valence-electron chi connectivity index (χ3n) is 6.50. The first-order valence-electron chi connectivity index (χ1n) is 12.6. The third kappa shape index (κ3) is 8.62. The van der Waals surface area contributed by atoms with Crippen molar-refractivity contribution in [3.8, 4) is 11.1 Å². The molecule has 8 heteroatoms. The molecule has 0 aromatic heterocycles. The number of hydrogen-bond donors (Lipinski definition) is 3. The Balaban J connectivity index is 1.57. The first kappa shape index (κ1) is 27.6. The van der Waals surface area contributed by atoms with E-state index in [1.54, 1.807) is 0 Å². The Bertz CT molecular complexity index is 991. The molecule has 0 spiro atoms. The molecule has 0 aliphatic carbocycles. The van der Waals surface area contributed by atoms with E-state index in [0.29, 0.717) is 37.8 Å². The van der Waals surface area contributed by atoms with Gasteiger partial charge in [0.15, 0.2) is 0 Å². The van der Waals surface area contributed by atoms with Gasteiger partial charge in [-0.15, -0.1) is 0 Å². The predicted molar refractivity (Wildman–Crippen MR) is 140 cm³/mol. The molecular formula is C28H39N3O5. The molecule has 3 rings (SSSR count). The van der Waals surface area contributed by atoms with E-state index in [1.807, 2.05) is 37.4 Å². The summed E-state index contributed by atoms with van der Waals surface area (Å²) in [5, 5.41) is 9.02. The summed E-state index contributed by atoms with van der Waals surface area (Å²) in [6, 6.07) is 14.1. The monoisotopic (exact) mass is 497 g/mol. The van der Waals surface area contributed by atoms with Crippen LogP contribution in [-0.4, -0.2) is 65.1 Å². The average molecular weight is 498 g/mol. The maximum atomic E-state index is 12.9. The molecule has 1 fully saturated rings. The van der Waals surface area contributed by atoms with Gasteiger partial charge >= 0.3 is 6.09 Å². The van der Waals surface area contributed by atoms with Crippen molar-refractivity contribution in [2.45, 2.75) is 38.8 Å². The smallest absolute Gasteiger partial charge is 0.406 e. The summed E-state index contributed by atoms with van der Waals surface area (Å²) >= 11 is 0. The highest BCUT2D eigenvalue weighted by atomic mass is 16.5. The van der Waals surface area contributed by atoms with Crippen LogP contribution >= 0.6 is 0 Å². The topological polar surface area (TPSA) is 97.9 Å². The van der Waals surface area contributed by atoms with Crippen LogP contribution in [0.1, 0.15) is 40.7 Å². The molecule has 0 bridgehead atoms. The quantitative estimate of drug-likeness (QED) is 0.387. The molecular weight excluding hydrogens is 458 g/mol. The van der Waals surface area contributed by atoms with E-state index in [0.717, 1.165) is 48.3 Å². The minimum absolute atomic E-state index is 0.0766. The van der Waals surface area contributed by atoms with Crippen molar-refractivity contribution >= 4 is 12.0 Å². The first-order chi connectivity index (χ1) is 17.5. The van der Waals surface area contributed by atoms with Gasteiger partial charge in [0.05, 0.1) is 20.3 Å². The Hall–Kier alpha value is -2.94. The van der Waals surface area contributed by atoms with E-state index in [2.05, 4.69) is 39.7 Å². The van der Waals surface area contributed by atoms with E-state index in [-0.39, 0.29) is 11.9 Å². The van der Waals surface area contributed by atoms with Gasteiger partial charge in [0.25, 0.3) is 5.91 Å². The lowest BCUT2D eigenvalue weighted by molar-refractivity contribution is 0.0478. The number of nitrogens with one attached hydrogen (secondary N) is 3. The lowest BCUT2D eigenvalue weighted by atomic mass is 9.94. The van der Waals surface area contributed by atoms with E-state index in [9.17, 15) is 9.59 Å².